The fraction of sp³-hybridized carbons (Fsp3) is 0.391. The second kappa shape index (κ2) is 8.76. The van der Waals surface area contributed by atoms with E-state index in [0.29, 0.717) is 13.1 Å². The number of piperazine rings is 1. The highest BCUT2D eigenvalue weighted by molar-refractivity contribution is 5.87. The van der Waals surface area contributed by atoms with E-state index in [-0.39, 0.29) is 18.6 Å². The molecule has 1 fully saturated rings. The summed E-state index contributed by atoms with van der Waals surface area (Å²) in [6, 6.07) is 12.3. The summed E-state index contributed by atoms with van der Waals surface area (Å²) in [4.78, 5) is 23.0. The number of amides is 1. The van der Waals surface area contributed by atoms with Crippen LogP contribution in [0.2, 0.25) is 0 Å². The number of carbonyl (C=O) groups is 1. The van der Waals surface area contributed by atoms with Gasteiger partial charge in [0, 0.05) is 51.2 Å². The monoisotopic (exact) mass is 392 g/mol. The topological polar surface area (TPSA) is 59.9 Å². The Kier molecular flexibility index (Phi) is 5.92. The van der Waals surface area contributed by atoms with Crippen LogP contribution in [-0.2, 0) is 17.8 Å². The first-order valence-corrected chi connectivity index (χ1v) is 10.2. The first-order chi connectivity index (χ1) is 14.2. The smallest absolute Gasteiger partial charge is 0.246 e. The van der Waals surface area contributed by atoms with Crippen LogP contribution in [0.15, 0.2) is 55.3 Å². The van der Waals surface area contributed by atoms with Gasteiger partial charge < -0.3 is 14.9 Å². The number of aliphatic hydroxyl groups excluding tert-OH is 1. The van der Waals surface area contributed by atoms with Crippen molar-refractivity contribution in [3.63, 3.8) is 0 Å². The van der Waals surface area contributed by atoms with Crippen molar-refractivity contribution in [3.8, 4) is 0 Å². The van der Waals surface area contributed by atoms with Crippen LogP contribution in [0.1, 0.15) is 22.9 Å². The lowest BCUT2D eigenvalue weighted by atomic mass is 9.98. The normalized spacial score (nSPS) is 18.2. The maximum atomic E-state index is 11.8. The molecule has 152 valence electrons. The number of carbonyl (C=O) groups excluding carboxylic acids is 1. The summed E-state index contributed by atoms with van der Waals surface area (Å²) in [5.74, 6) is 0.00741. The van der Waals surface area contributed by atoms with Gasteiger partial charge in [0.05, 0.1) is 18.3 Å². The molecule has 1 aromatic carbocycles. The number of fused-ring (bicyclic) bond motifs is 1. The number of aliphatic hydroxyl groups is 1. The van der Waals surface area contributed by atoms with Gasteiger partial charge in [0.1, 0.15) is 0 Å². The Balaban J connectivity index is 1.50. The summed E-state index contributed by atoms with van der Waals surface area (Å²) in [5, 5.41) is 10.0. The average molecular weight is 393 g/mol. The molecule has 0 spiro atoms. The van der Waals surface area contributed by atoms with Gasteiger partial charge in [-0.1, -0.05) is 36.9 Å². The van der Waals surface area contributed by atoms with Crippen molar-refractivity contribution in [1.29, 1.82) is 0 Å². The molecule has 0 aliphatic carbocycles. The van der Waals surface area contributed by atoms with E-state index in [9.17, 15) is 9.90 Å². The van der Waals surface area contributed by atoms with Gasteiger partial charge in [0.2, 0.25) is 5.91 Å². The first kappa shape index (κ1) is 19.6. The van der Waals surface area contributed by atoms with Crippen LogP contribution in [-0.4, -0.2) is 65.1 Å². The highest BCUT2D eigenvalue weighted by Gasteiger charge is 2.28. The number of pyridine rings is 1. The fourth-order valence-electron chi connectivity index (χ4n) is 4.43. The number of rotatable bonds is 5. The Morgan fingerprint density at radius 3 is 2.59 bits per heavy atom. The molecule has 1 N–H and O–H groups in total. The number of aromatic nitrogens is 1. The van der Waals surface area contributed by atoms with E-state index in [1.165, 1.54) is 17.3 Å². The minimum absolute atomic E-state index is 0.00741. The molecule has 0 bridgehead atoms. The van der Waals surface area contributed by atoms with Crippen molar-refractivity contribution in [3.05, 3.63) is 72.1 Å². The van der Waals surface area contributed by atoms with Gasteiger partial charge >= 0.3 is 0 Å². The molecule has 6 nitrogen and oxygen atoms in total. The summed E-state index contributed by atoms with van der Waals surface area (Å²) in [6.45, 7) is 8.38. The van der Waals surface area contributed by atoms with Crippen molar-refractivity contribution in [2.45, 2.75) is 19.0 Å². The highest BCUT2D eigenvalue weighted by Crippen LogP contribution is 2.32. The van der Waals surface area contributed by atoms with Crippen LogP contribution < -0.4 is 4.90 Å². The molecule has 0 radical (unpaired) electrons. The third-order valence-electron chi connectivity index (χ3n) is 6.03. The lowest BCUT2D eigenvalue weighted by Crippen LogP contribution is -2.49. The number of nitrogens with zero attached hydrogens (tertiary/aromatic N) is 4. The Morgan fingerprint density at radius 2 is 1.90 bits per heavy atom. The second-order valence-corrected chi connectivity index (χ2v) is 7.60. The highest BCUT2D eigenvalue weighted by atomic mass is 16.3. The van der Waals surface area contributed by atoms with Gasteiger partial charge in [-0.05, 0) is 29.7 Å². The van der Waals surface area contributed by atoms with Gasteiger partial charge in [-0.3, -0.25) is 14.7 Å². The van der Waals surface area contributed by atoms with E-state index in [1.807, 2.05) is 29.3 Å². The molecular formula is C23H28N4O2. The molecule has 4 rings (SSSR count). The molecule has 2 aromatic rings. The van der Waals surface area contributed by atoms with Crippen molar-refractivity contribution in [2.75, 3.05) is 44.2 Å². The minimum atomic E-state index is -0.0109. The molecule has 1 saturated heterocycles. The van der Waals surface area contributed by atoms with Crippen molar-refractivity contribution in [2.24, 2.45) is 0 Å². The predicted octanol–water partition coefficient (Wildman–Crippen LogP) is 2.01. The maximum Gasteiger partial charge on any atom is 0.246 e. The molecule has 2 aliphatic rings. The molecule has 1 atom stereocenters. The molecule has 29 heavy (non-hydrogen) atoms. The predicted molar refractivity (Wildman–Crippen MR) is 114 cm³/mol. The first-order valence-electron chi connectivity index (χ1n) is 10.2. The minimum Gasteiger partial charge on any atom is -0.394 e. The standard InChI is InChI=1S/C23H28N4O2/c1-2-23(29)26-14-12-25(13-15-26)21-8-10-24-20-16-27(11-9-19(20)21)22(17-28)18-6-4-3-5-7-18/h2-8,10,22,28H,1,9,11-17H2. The summed E-state index contributed by atoms with van der Waals surface area (Å²) >= 11 is 0. The Hall–Kier alpha value is -2.70. The zero-order valence-corrected chi connectivity index (χ0v) is 16.7. The lowest BCUT2D eigenvalue weighted by Gasteiger charge is -2.39. The molecule has 1 amide bonds. The number of anilines is 1. The number of hydrogen-bond donors (Lipinski definition) is 1. The van der Waals surface area contributed by atoms with E-state index in [0.717, 1.165) is 43.9 Å². The third kappa shape index (κ3) is 4.04. The number of hydrogen-bond acceptors (Lipinski definition) is 5. The fourth-order valence-corrected chi connectivity index (χ4v) is 4.43. The molecule has 2 aliphatic heterocycles. The van der Waals surface area contributed by atoms with Crippen LogP contribution in [0, 0.1) is 0 Å². The van der Waals surface area contributed by atoms with Crippen LogP contribution >= 0.6 is 0 Å². The van der Waals surface area contributed by atoms with E-state index in [2.05, 4.69) is 39.6 Å². The van der Waals surface area contributed by atoms with Crippen LogP contribution in [0.5, 0.6) is 0 Å². The van der Waals surface area contributed by atoms with Gasteiger partial charge in [-0.25, -0.2) is 0 Å². The number of benzene rings is 1. The molecule has 1 aromatic heterocycles. The zero-order valence-electron chi connectivity index (χ0n) is 16.7. The molecule has 6 heteroatoms. The lowest BCUT2D eigenvalue weighted by molar-refractivity contribution is -0.126. The molecule has 3 heterocycles. The summed E-state index contributed by atoms with van der Waals surface area (Å²) < 4.78 is 0. The van der Waals surface area contributed by atoms with Crippen molar-refractivity contribution >= 4 is 11.6 Å². The Bertz CT molecular complexity index is 862. The molecular weight excluding hydrogens is 364 g/mol. The largest absolute Gasteiger partial charge is 0.394 e. The zero-order chi connectivity index (χ0) is 20.2. The average Bonchev–Trinajstić information content (AvgIpc) is 2.79. The molecule has 1 unspecified atom stereocenters. The summed E-state index contributed by atoms with van der Waals surface area (Å²) in [6.07, 6.45) is 4.19. The van der Waals surface area contributed by atoms with Crippen LogP contribution in [0.4, 0.5) is 5.69 Å². The Morgan fingerprint density at radius 1 is 1.14 bits per heavy atom. The summed E-state index contributed by atoms with van der Waals surface area (Å²) in [7, 11) is 0. The Labute approximate surface area is 172 Å². The van der Waals surface area contributed by atoms with Gasteiger partial charge in [0.15, 0.2) is 0 Å². The van der Waals surface area contributed by atoms with E-state index >= 15 is 0 Å². The van der Waals surface area contributed by atoms with E-state index in [1.54, 1.807) is 0 Å². The van der Waals surface area contributed by atoms with Crippen molar-refractivity contribution < 1.29 is 9.90 Å². The van der Waals surface area contributed by atoms with E-state index in [4.69, 9.17) is 0 Å². The van der Waals surface area contributed by atoms with Crippen LogP contribution in [0.3, 0.4) is 0 Å². The second-order valence-electron chi connectivity index (χ2n) is 7.60. The quantitative estimate of drug-likeness (QED) is 0.789. The van der Waals surface area contributed by atoms with E-state index < -0.39 is 0 Å². The van der Waals surface area contributed by atoms with Crippen molar-refractivity contribution in [1.82, 2.24) is 14.8 Å². The van der Waals surface area contributed by atoms with Gasteiger partial charge in [-0.2, -0.15) is 0 Å². The van der Waals surface area contributed by atoms with Crippen LogP contribution in [0.25, 0.3) is 0 Å². The molecule has 0 saturated carbocycles. The summed E-state index contributed by atoms with van der Waals surface area (Å²) in [5.41, 5.74) is 4.77. The third-order valence-corrected chi connectivity index (χ3v) is 6.03. The SMILES string of the molecule is C=CC(=O)N1CCN(c2ccnc3c2CCN(C(CO)c2ccccc2)C3)CC1. The van der Waals surface area contributed by atoms with Gasteiger partial charge in [-0.15, -0.1) is 0 Å². The van der Waals surface area contributed by atoms with Gasteiger partial charge in [0.25, 0.3) is 0 Å². The maximum absolute atomic E-state index is 11.8.